The second-order valence-corrected chi connectivity index (χ2v) is 9.40. The number of anilines is 3. The molecular weight excluding hydrogens is 524 g/mol. The van der Waals surface area contributed by atoms with E-state index in [0.717, 1.165) is 5.56 Å². The van der Waals surface area contributed by atoms with E-state index in [1.54, 1.807) is 49.2 Å². The molecule has 10 nitrogen and oxygen atoms in total. The van der Waals surface area contributed by atoms with Gasteiger partial charge in [-0.1, -0.05) is 36.4 Å². The number of carbonyl (C=O) groups excluding carboxylic acids is 3. The van der Waals surface area contributed by atoms with Crippen LogP contribution in [-0.4, -0.2) is 79.4 Å². The minimum atomic E-state index is -0.457. The Hall–Kier alpha value is -4.51. The van der Waals surface area contributed by atoms with E-state index in [2.05, 4.69) is 10.6 Å². The van der Waals surface area contributed by atoms with E-state index in [-0.39, 0.29) is 38.2 Å². The summed E-state index contributed by atoms with van der Waals surface area (Å²) >= 11 is 0. The Kier molecular flexibility index (Phi) is 9.86. The van der Waals surface area contributed by atoms with Gasteiger partial charge in [0.1, 0.15) is 0 Å². The molecule has 0 radical (unpaired) electrons. The van der Waals surface area contributed by atoms with Crippen LogP contribution in [0.1, 0.15) is 28.4 Å². The summed E-state index contributed by atoms with van der Waals surface area (Å²) in [5.41, 5.74) is 4.72. The molecule has 0 bridgehead atoms. The summed E-state index contributed by atoms with van der Waals surface area (Å²) in [7, 11) is 1.67. The number of fused-ring (bicyclic) bond motifs is 1. The minimum Gasteiger partial charge on any atom is -0.462 e. The van der Waals surface area contributed by atoms with Gasteiger partial charge in [-0.15, -0.1) is 0 Å². The molecular formula is C31H34N4O6. The van der Waals surface area contributed by atoms with Crippen molar-refractivity contribution in [2.75, 3.05) is 62.0 Å². The summed E-state index contributed by atoms with van der Waals surface area (Å²) in [4.78, 5) is 41.5. The van der Waals surface area contributed by atoms with E-state index in [9.17, 15) is 24.6 Å². The fraction of sp³-hybridized carbons (Fsp3) is 0.258. The molecule has 0 saturated heterocycles. The van der Waals surface area contributed by atoms with E-state index in [1.807, 2.05) is 42.5 Å². The van der Waals surface area contributed by atoms with Gasteiger partial charge in [-0.2, -0.15) is 0 Å². The van der Waals surface area contributed by atoms with Gasteiger partial charge in [-0.25, -0.2) is 4.79 Å². The highest BCUT2D eigenvalue weighted by Gasteiger charge is 2.29. The van der Waals surface area contributed by atoms with Crippen molar-refractivity contribution < 1.29 is 29.3 Å². The van der Waals surface area contributed by atoms with Crippen molar-refractivity contribution in [3.8, 4) is 0 Å². The van der Waals surface area contributed by atoms with Crippen LogP contribution < -0.4 is 15.5 Å². The number of aliphatic hydroxyl groups is 2. The summed E-state index contributed by atoms with van der Waals surface area (Å²) in [5, 5.41) is 24.7. The molecule has 0 atom stereocenters. The molecule has 0 aromatic heterocycles. The highest BCUT2D eigenvalue weighted by Crippen LogP contribution is 2.38. The molecule has 214 valence electrons. The maximum atomic E-state index is 13.2. The second-order valence-electron chi connectivity index (χ2n) is 9.40. The van der Waals surface area contributed by atoms with Crippen molar-refractivity contribution in [1.29, 1.82) is 0 Å². The first-order chi connectivity index (χ1) is 19.9. The van der Waals surface area contributed by atoms with Gasteiger partial charge in [-0.3, -0.25) is 14.5 Å². The largest absolute Gasteiger partial charge is 0.462 e. The molecule has 0 aliphatic carbocycles. The van der Waals surface area contributed by atoms with Gasteiger partial charge in [-0.05, 0) is 48.9 Å². The van der Waals surface area contributed by atoms with Crippen LogP contribution in [-0.2, 0) is 14.3 Å². The Morgan fingerprint density at radius 3 is 2.24 bits per heavy atom. The number of aliphatic hydroxyl groups excluding tert-OH is 2. The molecule has 1 aliphatic rings. The van der Waals surface area contributed by atoms with Crippen LogP contribution in [0.5, 0.6) is 0 Å². The van der Waals surface area contributed by atoms with Crippen molar-refractivity contribution in [1.82, 2.24) is 4.90 Å². The van der Waals surface area contributed by atoms with Gasteiger partial charge in [0.25, 0.3) is 5.91 Å². The predicted molar refractivity (Wildman–Crippen MR) is 158 cm³/mol. The number of carbonyl (C=O) groups is 3. The minimum absolute atomic E-state index is 0.0638. The molecule has 1 aliphatic heterocycles. The Bertz CT molecular complexity index is 1420. The molecule has 4 N–H and O–H groups in total. The van der Waals surface area contributed by atoms with E-state index in [1.165, 1.54) is 4.90 Å². The smallest absolute Gasteiger partial charge is 0.338 e. The summed E-state index contributed by atoms with van der Waals surface area (Å²) in [5.74, 6) is -0.938. The average molecular weight is 559 g/mol. The summed E-state index contributed by atoms with van der Waals surface area (Å²) in [6.45, 7) is 2.43. The van der Waals surface area contributed by atoms with Crippen LogP contribution in [0.4, 0.5) is 17.1 Å². The zero-order valence-corrected chi connectivity index (χ0v) is 23.1. The van der Waals surface area contributed by atoms with Crippen molar-refractivity contribution in [2.45, 2.75) is 6.92 Å². The lowest BCUT2D eigenvalue weighted by molar-refractivity contribution is -0.119. The number of hydrogen-bond donors (Lipinski definition) is 4. The Morgan fingerprint density at radius 1 is 0.927 bits per heavy atom. The van der Waals surface area contributed by atoms with Crippen LogP contribution in [0.25, 0.3) is 11.3 Å². The first-order valence-corrected chi connectivity index (χ1v) is 13.4. The summed E-state index contributed by atoms with van der Waals surface area (Å²) in [6, 6.07) is 21.7. The fourth-order valence-corrected chi connectivity index (χ4v) is 4.55. The first kappa shape index (κ1) is 29.5. The number of amides is 2. The number of hydrogen-bond acceptors (Lipinski definition) is 8. The molecule has 3 aromatic rings. The van der Waals surface area contributed by atoms with E-state index < -0.39 is 5.97 Å². The highest BCUT2D eigenvalue weighted by atomic mass is 16.5. The standard InChI is InChI=1S/C31H34N4O6/c1-3-41-31(40)22-9-14-25-26(19-22)33-30(39)28(25)29(21-7-5-4-6-8-21)32-23-10-12-24(13-11-23)34(2)27(38)20-35(15-17-36)16-18-37/h4-14,19,32,36-37H,3,15-18,20H2,1-2H3,(H,33,39). The van der Waals surface area contributed by atoms with Crippen LogP contribution in [0.15, 0.2) is 72.8 Å². The Labute approximate surface area is 238 Å². The van der Waals surface area contributed by atoms with Gasteiger partial charge < -0.3 is 30.5 Å². The summed E-state index contributed by atoms with van der Waals surface area (Å²) in [6.07, 6.45) is 0. The third-order valence-corrected chi connectivity index (χ3v) is 6.68. The number of rotatable bonds is 12. The number of nitrogens with one attached hydrogen (secondary N) is 2. The molecule has 0 saturated carbocycles. The van der Waals surface area contributed by atoms with Crippen molar-refractivity contribution >= 4 is 46.1 Å². The van der Waals surface area contributed by atoms with E-state index in [4.69, 9.17) is 4.74 Å². The molecule has 41 heavy (non-hydrogen) atoms. The van der Waals surface area contributed by atoms with Crippen molar-refractivity contribution in [3.63, 3.8) is 0 Å². The van der Waals surface area contributed by atoms with E-state index in [0.29, 0.717) is 52.5 Å². The van der Waals surface area contributed by atoms with Gasteiger partial charge in [0.05, 0.1) is 48.9 Å². The lowest BCUT2D eigenvalue weighted by Gasteiger charge is -2.24. The van der Waals surface area contributed by atoms with Crippen LogP contribution in [0, 0.1) is 0 Å². The normalized spacial score (nSPS) is 13.4. The summed E-state index contributed by atoms with van der Waals surface area (Å²) < 4.78 is 5.10. The lowest BCUT2D eigenvalue weighted by Crippen LogP contribution is -2.40. The van der Waals surface area contributed by atoms with Gasteiger partial charge in [0.15, 0.2) is 0 Å². The molecule has 4 rings (SSSR count). The quantitative estimate of drug-likeness (QED) is 0.197. The van der Waals surface area contributed by atoms with Crippen LogP contribution in [0.2, 0.25) is 0 Å². The molecule has 3 aromatic carbocycles. The van der Waals surface area contributed by atoms with Crippen LogP contribution >= 0.6 is 0 Å². The second kappa shape index (κ2) is 13.7. The lowest BCUT2D eigenvalue weighted by atomic mass is 9.99. The number of likely N-dealkylation sites (N-methyl/N-ethyl adjacent to an activating group) is 1. The molecule has 10 heteroatoms. The SMILES string of the molecule is CCOC(=O)c1ccc2c(c1)NC(=O)C2=C(Nc1ccc(N(C)C(=O)CN(CCO)CCO)cc1)c1ccccc1. The zero-order chi connectivity index (χ0) is 29.4. The molecule has 1 heterocycles. The number of benzene rings is 3. The van der Waals surface area contributed by atoms with Crippen molar-refractivity contribution in [3.05, 3.63) is 89.5 Å². The monoisotopic (exact) mass is 558 g/mol. The fourth-order valence-electron chi connectivity index (χ4n) is 4.55. The Balaban J connectivity index is 1.62. The average Bonchev–Trinajstić information content (AvgIpc) is 3.31. The Morgan fingerprint density at radius 2 is 1.61 bits per heavy atom. The number of nitrogens with zero attached hydrogens (tertiary/aromatic N) is 2. The first-order valence-electron chi connectivity index (χ1n) is 13.4. The molecule has 0 fully saturated rings. The topological polar surface area (TPSA) is 131 Å². The maximum absolute atomic E-state index is 13.2. The van der Waals surface area contributed by atoms with E-state index >= 15 is 0 Å². The molecule has 0 unspecified atom stereocenters. The van der Waals surface area contributed by atoms with Crippen molar-refractivity contribution in [2.24, 2.45) is 0 Å². The van der Waals surface area contributed by atoms with Gasteiger partial charge in [0.2, 0.25) is 5.91 Å². The molecule has 0 spiro atoms. The van der Waals surface area contributed by atoms with Gasteiger partial charge >= 0.3 is 5.97 Å². The number of ether oxygens (including phenoxy) is 1. The molecule has 2 amide bonds. The van der Waals surface area contributed by atoms with Crippen LogP contribution in [0.3, 0.4) is 0 Å². The van der Waals surface area contributed by atoms with Gasteiger partial charge in [0, 0.05) is 37.1 Å². The highest BCUT2D eigenvalue weighted by molar-refractivity contribution is 6.37. The maximum Gasteiger partial charge on any atom is 0.338 e. The third kappa shape index (κ3) is 6.98. The number of esters is 1. The predicted octanol–water partition coefficient (Wildman–Crippen LogP) is 3.05. The zero-order valence-electron chi connectivity index (χ0n) is 23.1. The third-order valence-electron chi connectivity index (χ3n) is 6.68.